The normalized spacial score (nSPS) is 13.7. The van der Waals surface area contributed by atoms with E-state index in [1.165, 1.54) is 51.4 Å². The van der Waals surface area contributed by atoms with Crippen LogP contribution in [0.25, 0.3) is 0 Å². The van der Waals surface area contributed by atoms with Crippen molar-refractivity contribution in [2.45, 2.75) is 89.4 Å². The van der Waals surface area contributed by atoms with Gasteiger partial charge in [-0.3, -0.25) is 0 Å². The summed E-state index contributed by atoms with van der Waals surface area (Å²) in [5.41, 5.74) is 0. The SMILES string of the molecule is CCCCCCCCCCCCOCC(COCC(=O)O)OCC(O)COCC(COCC(=O)O)OCC(=O)O. The predicted octanol–water partition coefficient (Wildman–Crippen LogP) is 2.36. The Bertz CT molecular complexity index is 632. The summed E-state index contributed by atoms with van der Waals surface area (Å²) < 4.78 is 31.8. The molecule has 0 rings (SSSR count). The lowest BCUT2D eigenvalue weighted by Crippen LogP contribution is -2.34. The van der Waals surface area contributed by atoms with Gasteiger partial charge in [-0.1, -0.05) is 64.7 Å². The monoisotopic (exact) mass is 582 g/mol. The van der Waals surface area contributed by atoms with Crippen LogP contribution in [0.3, 0.4) is 0 Å². The third-order valence-corrected chi connectivity index (χ3v) is 5.59. The second-order valence-electron chi connectivity index (χ2n) is 9.55. The number of aliphatic hydroxyl groups is 1. The summed E-state index contributed by atoms with van der Waals surface area (Å²) in [4.78, 5) is 32.0. The first-order valence-corrected chi connectivity index (χ1v) is 14.1. The number of carboxylic acid groups (broad SMARTS) is 3. The standard InChI is InChI=1S/C27H50O13/c1-2-3-4-5-6-7-8-9-10-11-12-35-15-23(17-37-19-25(29)30)39-14-22(28)13-36-16-24(40-21-27(33)34)18-38-20-26(31)32/h22-24,28H,2-21H2,1H3,(H,29,30)(H,31,32)(H,33,34). The summed E-state index contributed by atoms with van der Waals surface area (Å²) >= 11 is 0. The number of ether oxygens (including phenoxy) is 6. The molecule has 13 heteroatoms. The summed E-state index contributed by atoms with van der Waals surface area (Å²) in [5.74, 6) is -3.49. The summed E-state index contributed by atoms with van der Waals surface area (Å²) in [6.07, 6.45) is 9.66. The molecule has 0 aromatic rings. The minimum absolute atomic E-state index is 0.0239. The molecule has 0 heterocycles. The average Bonchev–Trinajstić information content (AvgIpc) is 2.89. The molecule has 0 saturated heterocycles. The van der Waals surface area contributed by atoms with Crippen molar-refractivity contribution < 1.29 is 63.2 Å². The van der Waals surface area contributed by atoms with Crippen LogP contribution in [0.4, 0.5) is 0 Å². The zero-order valence-electron chi connectivity index (χ0n) is 23.8. The Balaban J connectivity index is 4.24. The molecule has 0 saturated carbocycles. The van der Waals surface area contributed by atoms with E-state index in [2.05, 4.69) is 6.92 Å². The van der Waals surface area contributed by atoms with Gasteiger partial charge in [0.05, 0.1) is 39.6 Å². The van der Waals surface area contributed by atoms with Crippen LogP contribution in [0.15, 0.2) is 0 Å². The maximum absolute atomic E-state index is 10.7. The molecule has 0 spiro atoms. The van der Waals surface area contributed by atoms with Crippen LogP contribution < -0.4 is 0 Å². The molecule has 3 atom stereocenters. The summed E-state index contributed by atoms with van der Waals surface area (Å²) in [5, 5.41) is 36.4. The van der Waals surface area contributed by atoms with Crippen molar-refractivity contribution in [2.75, 3.05) is 66.1 Å². The van der Waals surface area contributed by atoms with Gasteiger partial charge in [-0.2, -0.15) is 0 Å². The molecule has 0 aliphatic rings. The summed E-state index contributed by atoms with van der Waals surface area (Å²) in [6.45, 7) is 0.584. The first kappa shape index (κ1) is 38.1. The molecule has 40 heavy (non-hydrogen) atoms. The van der Waals surface area contributed by atoms with Crippen molar-refractivity contribution >= 4 is 17.9 Å². The average molecular weight is 583 g/mol. The van der Waals surface area contributed by atoms with Crippen LogP contribution in [-0.4, -0.2) is 123 Å². The number of rotatable bonds is 31. The lowest BCUT2D eigenvalue weighted by Gasteiger charge is -2.21. The van der Waals surface area contributed by atoms with Gasteiger partial charge in [-0.05, 0) is 6.42 Å². The van der Waals surface area contributed by atoms with Crippen LogP contribution >= 0.6 is 0 Å². The zero-order chi connectivity index (χ0) is 29.8. The second kappa shape index (κ2) is 27.3. The highest BCUT2D eigenvalue weighted by molar-refractivity contribution is 5.68. The van der Waals surface area contributed by atoms with Crippen LogP contribution in [0.2, 0.25) is 0 Å². The largest absolute Gasteiger partial charge is 0.480 e. The molecule has 0 aliphatic carbocycles. The van der Waals surface area contributed by atoms with E-state index in [4.69, 9.17) is 43.7 Å². The van der Waals surface area contributed by atoms with E-state index in [9.17, 15) is 19.5 Å². The third-order valence-electron chi connectivity index (χ3n) is 5.59. The second-order valence-corrected chi connectivity index (χ2v) is 9.55. The van der Waals surface area contributed by atoms with Gasteiger partial charge >= 0.3 is 17.9 Å². The quantitative estimate of drug-likeness (QED) is 0.0873. The van der Waals surface area contributed by atoms with E-state index < -0.39 is 56.0 Å². The van der Waals surface area contributed by atoms with Gasteiger partial charge in [0.15, 0.2) is 0 Å². The van der Waals surface area contributed by atoms with Gasteiger partial charge in [-0.25, -0.2) is 14.4 Å². The van der Waals surface area contributed by atoms with E-state index in [1.54, 1.807) is 0 Å². The van der Waals surface area contributed by atoms with E-state index in [1.807, 2.05) is 0 Å². The Kier molecular flexibility index (Phi) is 26.0. The maximum Gasteiger partial charge on any atom is 0.329 e. The van der Waals surface area contributed by atoms with Crippen molar-refractivity contribution in [3.63, 3.8) is 0 Å². The van der Waals surface area contributed by atoms with Crippen LogP contribution in [0.1, 0.15) is 71.1 Å². The molecule has 13 nitrogen and oxygen atoms in total. The van der Waals surface area contributed by atoms with Crippen LogP contribution in [-0.2, 0) is 42.8 Å². The highest BCUT2D eigenvalue weighted by Gasteiger charge is 2.17. The van der Waals surface area contributed by atoms with Crippen LogP contribution in [0.5, 0.6) is 0 Å². The fraction of sp³-hybridized carbons (Fsp3) is 0.889. The van der Waals surface area contributed by atoms with Gasteiger partial charge in [-0.15, -0.1) is 0 Å². The maximum atomic E-state index is 10.7. The molecule has 3 unspecified atom stereocenters. The Morgan fingerprint density at radius 1 is 0.525 bits per heavy atom. The number of aliphatic carboxylic acids is 3. The summed E-state index contributed by atoms with van der Waals surface area (Å²) in [7, 11) is 0. The molecule has 0 radical (unpaired) electrons. The van der Waals surface area contributed by atoms with Crippen molar-refractivity contribution in [3.05, 3.63) is 0 Å². The first-order chi connectivity index (χ1) is 19.2. The summed E-state index contributed by atoms with van der Waals surface area (Å²) in [6, 6.07) is 0. The van der Waals surface area contributed by atoms with Gasteiger partial charge in [0, 0.05) is 6.61 Å². The van der Waals surface area contributed by atoms with E-state index in [0.29, 0.717) is 6.61 Å². The lowest BCUT2D eigenvalue weighted by molar-refractivity contribution is -0.153. The van der Waals surface area contributed by atoms with E-state index >= 15 is 0 Å². The van der Waals surface area contributed by atoms with E-state index in [-0.39, 0.29) is 39.6 Å². The molecule has 4 N–H and O–H groups in total. The molecular weight excluding hydrogens is 532 g/mol. The number of hydrogen-bond acceptors (Lipinski definition) is 10. The predicted molar refractivity (Wildman–Crippen MR) is 144 cm³/mol. The van der Waals surface area contributed by atoms with Gasteiger partial charge < -0.3 is 48.8 Å². The number of carboxylic acids is 3. The number of carbonyl (C=O) groups is 3. The molecule has 236 valence electrons. The molecule has 0 fully saturated rings. The molecule has 0 amide bonds. The Hall–Kier alpha value is -1.87. The first-order valence-electron chi connectivity index (χ1n) is 14.1. The molecule has 0 aromatic carbocycles. The third kappa shape index (κ3) is 27.7. The van der Waals surface area contributed by atoms with Gasteiger partial charge in [0.1, 0.15) is 38.1 Å². The number of hydrogen-bond donors (Lipinski definition) is 4. The van der Waals surface area contributed by atoms with Gasteiger partial charge in [0.25, 0.3) is 0 Å². The van der Waals surface area contributed by atoms with E-state index in [0.717, 1.165) is 12.8 Å². The van der Waals surface area contributed by atoms with Gasteiger partial charge in [0.2, 0.25) is 0 Å². The minimum atomic E-state index is -1.21. The topological polar surface area (TPSA) is 188 Å². The Morgan fingerprint density at radius 2 is 0.975 bits per heavy atom. The van der Waals surface area contributed by atoms with Crippen molar-refractivity contribution in [3.8, 4) is 0 Å². The Labute approximate surface area is 237 Å². The van der Waals surface area contributed by atoms with Crippen molar-refractivity contribution in [1.29, 1.82) is 0 Å². The smallest absolute Gasteiger partial charge is 0.329 e. The highest BCUT2D eigenvalue weighted by Crippen LogP contribution is 2.10. The lowest BCUT2D eigenvalue weighted by atomic mass is 10.1. The zero-order valence-corrected chi connectivity index (χ0v) is 23.8. The molecule has 0 bridgehead atoms. The fourth-order valence-corrected chi connectivity index (χ4v) is 3.57. The molecular formula is C27H50O13. The molecule has 0 aromatic heterocycles. The highest BCUT2D eigenvalue weighted by atomic mass is 16.6. The van der Waals surface area contributed by atoms with Crippen molar-refractivity contribution in [1.82, 2.24) is 0 Å². The number of aliphatic hydroxyl groups excluding tert-OH is 1. The molecule has 0 aliphatic heterocycles. The fourth-order valence-electron chi connectivity index (χ4n) is 3.57. The van der Waals surface area contributed by atoms with Crippen molar-refractivity contribution in [2.24, 2.45) is 0 Å². The number of unbranched alkanes of at least 4 members (excludes halogenated alkanes) is 9. The Morgan fingerprint density at radius 3 is 1.50 bits per heavy atom. The van der Waals surface area contributed by atoms with Crippen LogP contribution in [0, 0.1) is 0 Å². The minimum Gasteiger partial charge on any atom is -0.480 e.